The van der Waals surface area contributed by atoms with E-state index in [1.807, 2.05) is 0 Å². The van der Waals surface area contributed by atoms with Gasteiger partial charge in [0.2, 0.25) is 0 Å². The summed E-state index contributed by atoms with van der Waals surface area (Å²) in [5.74, 6) is 2.04. The molecule has 0 aromatic heterocycles. The summed E-state index contributed by atoms with van der Waals surface area (Å²) in [6.07, 6.45) is 15.1. The molecule has 1 saturated carbocycles. The van der Waals surface area contributed by atoms with Gasteiger partial charge in [0.25, 0.3) is 0 Å². The Labute approximate surface area is 155 Å². The van der Waals surface area contributed by atoms with E-state index in [1.54, 1.807) is 7.11 Å². The average Bonchev–Trinajstić information content (AvgIpc) is 2.63. The highest BCUT2D eigenvalue weighted by atomic mass is 16.7. The van der Waals surface area contributed by atoms with E-state index < -0.39 is 0 Å². The molecule has 0 radical (unpaired) electrons. The van der Waals surface area contributed by atoms with Crippen LogP contribution < -0.4 is 0 Å². The van der Waals surface area contributed by atoms with Crippen LogP contribution in [0.4, 0.5) is 0 Å². The number of methoxy groups -OCH3 is 1. The van der Waals surface area contributed by atoms with Gasteiger partial charge in [0, 0.05) is 25.0 Å². The quantitative estimate of drug-likeness (QED) is 0.334. The van der Waals surface area contributed by atoms with E-state index in [1.165, 1.54) is 44.9 Å². The van der Waals surface area contributed by atoms with E-state index in [-0.39, 0.29) is 18.1 Å². The van der Waals surface area contributed by atoms with Crippen LogP contribution in [0.15, 0.2) is 12.2 Å². The van der Waals surface area contributed by atoms with E-state index in [9.17, 15) is 5.11 Å². The molecule has 0 aliphatic heterocycles. The van der Waals surface area contributed by atoms with Crippen molar-refractivity contribution in [1.29, 1.82) is 0 Å². The third-order valence-corrected chi connectivity index (χ3v) is 6.91. The highest BCUT2D eigenvalue weighted by Crippen LogP contribution is 2.53. The lowest BCUT2D eigenvalue weighted by molar-refractivity contribution is -0.130. The van der Waals surface area contributed by atoms with E-state index in [0.29, 0.717) is 30.5 Å². The van der Waals surface area contributed by atoms with E-state index in [0.717, 1.165) is 6.42 Å². The predicted octanol–water partition coefficient (Wildman–Crippen LogP) is 5.18. The number of hydrogen-bond donors (Lipinski definition) is 1. The monoisotopic (exact) mass is 352 g/mol. The van der Waals surface area contributed by atoms with Crippen molar-refractivity contribution in [2.24, 2.45) is 29.1 Å². The maximum atomic E-state index is 10.4. The molecule has 0 aromatic rings. The van der Waals surface area contributed by atoms with Gasteiger partial charge in [-0.25, -0.2) is 0 Å². The molecule has 2 aliphatic carbocycles. The van der Waals surface area contributed by atoms with Crippen LogP contribution in [0.1, 0.15) is 72.1 Å². The lowest BCUT2D eigenvalue weighted by atomic mass is 9.53. The summed E-state index contributed by atoms with van der Waals surface area (Å²) in [5, 5.41) is 10.4. The summed E-state index contributed by atoms with van der Waals surface area (Å²) in [4.78, 5) is 0. The molecular formula is C22H40O3. The Morgan fingerprint density at radius 2 is 2.00 bits per heavy atom. The number of hydrogen-bond acceptors (Lipinski definition) is 3. The second kappa shape index (κ2) is 10.1. The minimum Gasteiger partial charge on any atom is -0.396 e. The molecule has 0 heterocycles. The van der Waals surface area contributed by atoms with Crippen molar-refractivity contribution < 1.29 is 14.6 Å². The molecule has 0 amide bonds. The Morgan fingerprint density at radius 1 is 1.20 bits per heavy atom. The molecule has 0 unspecified atom stereocenters. The summed E-state index contributed by atoms with van der Waals surface area (Å²) >= 11 is 0. The number of rotatable bonds is 10. The zero-order valence-electron chi connectivity index (χ0n) is 16.9. The smallest absolute Gasteiger partial charge is 0.146 e. The summed E-state index contributed by atoms with van der Waals surface area (Å²) in [7, 11) is 1.69. The van der Waals surface area contributed by atoms with Gasteiger partial charge in [-0.2, -0.15) is 0 Å². The van der Waals surface area contributed by atoms with Gasteiger partial charge < -0.3 is 14.6 Å². The Kier molecular flexibility index (Phi) is 8.44. The molecule has 6 atom stereocenters. The molecule has 0 aromatic carbocycles. The second-order valence-corrected chi connectivity index (χ2v) is 8.63. The fourth-order valence-electron chi connectivity index (χ4n) is 5.41. The van der Waals surface area contributed by atoms with Crippen molar-refractivity contribution >= 4 is 0 Å². The maximum absolute atomic E-state index is 10.4. The van der Waals surface area contributed by atoms with Crippen LogP contribution in [-0.4, -0.2) is 31.7 Å². The maximum Gasteiger partial charge on any atom is 0.146 e. The first-order valence-electron chi connectivity index (χ1n) is 10.5. The number of ether oxygens (including phenoxy) is 2. The SMILES string of the molecule is CCCCCC[C@@H](C)[C@H]1C=C[C@H]2[C@@H](OCOC)CCC[C@@H]2[C@@]1(C)CO. The molecule has 3 nitrogen and oxygen atoms in total. The number of fused-ring (bicyclic) bond motifs is 1. The molecule has 3 heteroatoms. The van der Waals surface area contributed by atoms with Gasteiger partial charge in [-0.05, 0) is 30.6 Å². The van der Waals surface area contributed by atoms with Crippen LogP contribution >= 0.6 is 0 Å². The lowest BCUT2D eigenvalue weighted by Gasteiger charge is -2.53. The minimum atomic E-state index is -0.0291. The molecule has 146 valence electrons. The van der Waals surface area contributed by atoms with Crippen molar-refractivity contribution in [3.63, 3.8) is 0 Å². The molecule has 0 bridgehead atoms. The van der Waals surface area contributed by atoms with Crippen LogP contribution in [0.5, 0.6) is 0 Å². The van der Waals surface area contributed by atoms with Gasteiger partial charge in [0.15, 0.2) is 0 Å². The van der Waals surface area contributed by atoms with Gasteiger partial charge in [-0.15, -0.1) is 0 Å². The highest BCUT2D eigenvalue weighted by molar-refractivity contribution is 5.14. The zero-order valence-corrected chi connectivity index (χ0v) is 16.9. The molecule has 1 fully saturated rings. The normalized spacial score (nSPS) is 36.2. The number of aliphatic hydroxyl groups is 1. The van der Waals surface area contributed by atoms with Crippen molar-refractivity contribution in [2.75, 3.05) is 20.5 Å². The Morgan fingerprint density at radius 3 is 2.68 bits per heavy atom. The summed E-state index contributed by atoms with van der Waals surface area (Å²) in [6, 6.07) is 0. The standard InChI is InChI=1S/C22H40O3/c1-5-6-7-8-10-17(2)19-14-13-18-20(22(19,3)15-23)11-9-12-21(18)25-16-24-4/h13-14,17-21,23H,5-12,15-16H2,1-4H3/t17-,18-,19-,20+,21+,22+/m1/s1. The Bertz CT molecular complexity index is 408. The van der Waals surface area contributed by atoms with Crippen molar-refractivity contribution in [1.82, 2.24) is 0 Å². The first-order valence-corrected chi connectivity index (χ1v) is 10.5. The summed E-state index contributed by atoms with van der Waals surface area (Å²) in [5.41, 5.74) is -0.0291. The van der Waals surface area contributed by atoms with E-state index in [4.69, 9.17) is 9.47 Å². The highest BCUT2D eigenvalue weighted by Gasteiger charge is 2.50. The third kappa shape index (κ3) is 4.87. The first kappa shape index (κ1) is 20.9. The van der Waals surface area contributed by atoms with Crippen molar-refractivity contribution in [2.45, 2.75) is 78.2 Å². The average molecular weight is 353 g/mol. The molecule has 25 heavy (non-hydrogen) atoms. The minimum absolute atomic E-state index is 0.0291. The molecule has 1 N–H and O–H groups in total. The Hall–Kier alpha value is -0.380. The third-order valence-electron chi connectivity index (χ3n) is 6.91. The number of allylic oxidation sites excluding steroid dienone is 1. The van der Waals surface area contributed by atoms with Gasteiger partial charge in [0.1, 0.15) is 6.79 Å². The van der Waals surface area contributed by atoms with Gasteiger partial charge in [-0.3, -0.25) is 0 Å². The van der Waals surface area contributed by atoms with Crippen LogP contribution in [-0.2, 0) is 9.47 Å². The van der Waals surface area contributed by atoms with Gasteiger partial charge >= 0.3 is 0 Å². The number of unbranched alkanes of at least 4 members (excludes halogenated alkanes) is 3. The lowest BCUT2D eigenvalue weighted by Crippen LogP contribution is -2.50. The fourth-order valence-corrected chi connectivity index (χ4v) is 5.41. The molecular weight excluding hydrogens is 312 g/mol. The second-order valence-electron chi connectivity index (χ2n) is 8.63. The topological polar surface area (TPSA) is 38.7 Å². The van der Waals surface area contributed by atoms with Crippen molar-refractivity contribution in [3.05, 3.63) is 12.2 Å². The van der Waals surface area contributed by atoms with E-state index >= 15 is 0 Å². The molecule has 0 spiro atoms. The number of aliphatic hydroxyl groups excluding tert-OH is 1. The predicted molar refractivity (Wildman–Crippen MR) is 103 cm³/mol. The first-order chi connectivity index (χ1) is 12.1. The van der Waals surface area contributed by atoms with Crippen LogP contribution in [0.25, 0.3) is 0 Å². The van der Waals surface area contributed by atoms with Crippen LogP contribution in [0.3, 0.4) is 0 Å². The fraction of sp³-hybridized carbons (Fsp3) is 0.909. The summed E-state index contributed by atoms with van der Waals surface area (Å²) in [6.45, 7) is 7.62. The van der Waals surface area contributed by atoms with Gasteiger partial charge in [0.05, 0.1) is 6.10 Å². The molecule has 0 saturated heterocycles. The van der Waals surface area contributed by atoms with Crippen LogP contribution in [0, 0.1) is 29.1 Å². The van der Waals surface area contributed by atoms with Crippen molar-refractivity contribution in [3.8, 4) is 0 Å². The van der Waals surface area contributed by atoms with Gasteiger partial charge in [-0.1, -0.05) is 71.4 Å². The zero-order chi connectivity index (χ0) is 18.3. The molecule has 2 rings (SSSR count). The van der Waals surface area contributed by atoms with Crippen LogP contribution in [0.2, 0.25) is 0 Å². The summed E-state index contributed by atoms with van der Waals surface area (Å²) < 4.78 is 11.1. The molecule has 2 aliphatic rings. The largest absolute Gasteiger partial charge is 0.396 e. The Balaban J connectivity index is 2.09. The van der Waals surface area contributed by atoms with E-state index in [2.05, 4.69) is 32.9 Å².